The van der Waals surface area contributed by atoms with Crippen molar-refractivity contribution >= 4 is 80.7 Å². The van der Waals surface area contributed by atoms with Crippen LogP contribution in [0.2, 0.25) is 5.02 Å². The van der Waals surface area contributed by atoms with Gasteiger partial charge in [-0.05, 0) is 36.3 Å². The van der Waals surface area contributed by atoms with Crippen molar-refractivity contribution in [3.05, 3.63) is 106 Å². The number of alkyl halides is 5. The van der Waals surface area contributed by atoms with E-state index in [2.05, 4.69) is 4.98 Å². The van der Waals surface area contributed by atoms with Crippen LogP contribution in [0.15, 0.2) is 60.2 Å². The SMILES string of the molecule is CN(c1nc(C(F)(F)F)ccc1Cl)N1C(=O)[C@H]2[C@H](CC=C3[C@H]2C[C@@]2(Cl)C(=O)N(c4c(F)c(F)c(F)c(F)c4F)C(=O)[C@@]2(Cl)[C@H]3c2ccc3ccccc3c2O)C1=O. The van der Waals surface area contributed by atoms with Gasteiger partial charge < -0.3 is 5.11 Å². The molecule has 6 atom stereocenters. The molecule has 1 N–H and O–H groups in total. The van der Waals surface area contributed by atoms with Crippen molar-refractivity contribution in [3.8, 4) is 5.75 Å². The Morgan fingerprint density at radius 3 is 2.12 bits per heavy atom. The Labute approximate surface area is 329 Å². The highest BCUT2D eigenvalue weighted by molar-refractivity contribution is 6.58. The number of phenolic OH excluding ortho intramolecular Hbond substituents is 1. The van der Waals surface area contributed by atoms with Crippen LogP contribution in [-0.2, 0) is 25.4 Å². The molecule has 1 saturated carbocycles. The average Bonchev–Trinajstić information content (AvgIpc) is 3.51. The van der Waals surface area contributed by atoms with Crippen LogP contribution in [0.3, 0.4) is 0 Å². The van der Waals surface area contributed by atoms with Crippen molar-refractivity contribution in [2.45, 2.75) is 34.7 Å². The quantitative estimate of drug-likeness (QED) is 0.0555. The average molecular weight is 860 g/mol. The van der Waals surface area contributed by atoms with E-state index in [0.29, 0.717) is 21.5 Å². The number of phenols is 1. The Morgan fingerprint density at radius 1 is 0.842 bits per heavy atom. The van der Waals surface area contributed by atoms with Gasteiger partial charge in [0.15, 0.2) is 38.8 Å². The molecule has 0 radical (unpaired) electrons. The van der Waals surface area contributed by atoms with Crippen molar-refractivity contribution in [2.75, 3.05) is 17.0 Å². The lowest BCUT2D eigenvalue weighted by atomic mass is 9.56. The van der Waals surface area contributed by atoms with Crippen LogP contribution >= 0.6 is 34.8 Å². The topological polar surface area (TPSA) is 111 Å². The predicted molar refractivity (Wildman–Crippen MR) is 187 cm³/mol. The van der Waals surface area contributed by atoms with Gasteiger partial charge in [-0.15, -0.1) is 23.2 Å². The van der Waals surface area contributed by atoms with Gasteiger partial charge in [0, 0.05) is 23.9 Å². The molecule has 3 heterocycles. The number of hydrogen-bond acceptors (Lipinski definition) is 7. The van der Waals surface area contributed by atoms with E-state index in [4.69, 9.17) is 34.8 Å². The summed E-state index contributed by atoms with van der Waals surface area (Å²) >= 11 is 20.5. The summed E-state index contributed by atoms with van der Waals surface area (Å²) in [4.78, 5) is 54.8. The lowest BCUT2D eigenvalue weighted by molar-refractivity contribution is -0.141. The molecule has 0 bridgehead atoms. The molecule has 20 heteroatoms. The molecule has 8 rings (SSSR count). The highest BCUT2D eigenvalue weighted by Gasteiger charge is 2.77. The molecule has 4 aromatic rings. The van der Waals surface area contributed by atoms with Crippen molar-refractivity contribution in [2.24, 2.45) is 17.8 Å². The minimum absolute atomic E-state index is 0.0365. The number of halogens is 11. The third kappa shape index (κ3) is 5.10. The van der Waals surface area contributed by atoms with Gasteiger partial charge in [0.05, 0.1) is 16.9 Å². The number of benzene rings is 3. The van der Waals surface area contributed by atoms with Crippen molar-refractivity contribution in [1.29, 1.82) is 0 Å². The van der Waals surface area contributed by atoms with E-state index in [1.165, 1.54) is 24.3 Å². The number of carbonyl (C=O) groups excluding carboxylic acids is 4. The lowest BCUT2D eigenvalue weighted by Crippen LogP contribution is -2.60. The molecule has 2 aliphatic heterocycles. The summed E-state index contributed by atoms with van der Waals surface area (Å²) in [6.45, 7) is 0. The molecule has 2 aliphatic carbocycles. The Balaban J connectivity index is 1.31. The summed E-state index contributed by atoms with van der Waals surface area (Å²) in [5.41, 5.74) is -3.54. The molecule has 0 unspecified atom stereocenters. The summed E-state index contributed by atoms with van der Waals surface area (Å²) in [5, 5.41) is 13.2. The fourth-order valence-electron chi connectivity index (χ4n) is 8.61. The molecule has 2 saturated heterocycles. The van der Waals surface area contributed by atoms with Gasteiger partial charge in [0.1, 0.15) is 17.1 Å². The Hall–Kier alpha value is -5.00. The number of pyridine rings is 1. The maximum absolute atomic E-state index is 15.4. The number of imide groups is 2. The number of anilines is 2. The second-order valence-corrected chi connectivity index (χ2v) is 15.6. The summed E-state index contributed by atoms with van der Waals surface area (Å²) in [6.07, 6.45) is -4.69. The molecular weight excluding hydrogens is 839 g/mol. The Kier molecular flexibility index (Phi) is 8.69. The third-order valence-electron chi connectivity index (χ3n) is 11.2. The largest absolute Gasteiger partial charge is 0.507 e. The van der Waals surface area contributed by atoms with Crippen LogP contribution in [-0.4, -0.2) is 55.5 Å². The third-order valence-corrected chi connectivity index (χ3v) is 12.9. The van der Waals surface area contributed by atoms with Crippen molar-refractivity contribution in [1.82, 2.24) is 9.99 Å². The number of aromatic nitrogens is 1. The standard InChI is InChI=1S/C37H21Cl3F8N4O5/c1-50(30-19(38)10-11-20(49-30)37(46,47)48)52-31(54)16-9-8-15-18(21(16)32(52)55)12-35(39)33(56)51(28-26(44)24(42)23(41)25(43)27(28)45)34(57)36(35,40)22(15)17-7-6-13-4-2-3-5-14(13)29(17)53/h2-8,10-11,16,18,21-22,53H,9,12H2,1H3/t16-,18+,21-,22+,35+,36-/m0/s1. The van der Waals surface area contributed by atoms with E-state index in [0.717, 1.165) is 13.1 Å². The smallest absolute Gasteiger partial charge is 0.433 e. The second kappa shape index (κ2) is 12.8. The summed E-state index contributed by atoms with van der Waals surface area (Å²) in [6, 6.07) is 10.5. The van der Waals surface area contributed by atoms with Gasteiger partial charge in [0.25, 0.3) is 23.6 Å². The Bertz CT molecular complexity index is 2530. The number of carbonyl (C=O) groups is 4. The molecular formula is C37H21Cl3F8N4O5. The highest BCUT2D eigenvalue weighted by Crippen LogP contribution is 2.67. The molecule has 3 aromatic carbocycles. The Morgan fingerprint density at radius 2 is 1.47 bits per heavy atom. The second-order valence-electron chi connectivity index (χ2n) is 13.9. The first kappa shape index (κ1) is 38.9. The number of nitrogens with zero attached hydrogens (tertiary/aromatic N) is 4. The molecule has 4 amide bonds. The fraction of sp³-hybridized carbons (Fsp3) is 0.270. The van der Waals surface area contributed by atoms with Crippen LogP contribution < -0.4 is 9.91 Å². The van der Waals surface area contributed by atoms with Crippen molar-refractivity contribution < 1.29 is 59.4 Å². The number of hydrogen-bond donors (Lipinski definition) is 1. The number of rotatable bonds is 4. The first-order valence-corrected chi connectivity index (χ1v) is 17.9. The monoisotopic (exact) mass is 858 g/mol. The number of allylic oxidation sites excluding steroid dienone is 2. The maximum Gasteiger partial charge on any atom is 0.433 e. The van der Waals surface area contributed by atoms with Gasteiger partial charge in [-0.1, -0.05) is 59.6 Å². The van der Waals surface area contributed by atoms with E-state index < -0.39 is 122 Å². The first-order chi connectivity index (χ1) is 26.7. The van der Waals surface area contributed by atoms with E-state index >= 15 is 8.78 Å². The minimum atomic E-state index is -4.95. The van der Waals surface area contributed by atoms with Crippen molar-refractivity contribution in [3.63, 3.8) is 0 Å². The fourth-order valence-corrected chi connectivity index (χ4v) is 9.76. The number of amides is 4. The highest BCUT2D eigenvalue weighted by atomic mass is 35.5. The van der Waals surface area contributed by atoms with Crippen LogP contribution in [0, 0.1) is 46.8 Å². The lowest BCUT2D eigenvalue weighted by Gasteiger charge is -2.50. The van der Waals surface area contributed by atoms with Gasteiger partial charge in [-0.2, -0.15) is 18.2 Å². The molecule has 0 spiro atoms. The van der Waals surface area contributed by atoms with E-state index in [-0.39, 0.29) is 32.9 Å². The van der Waals surface area contributed by atoms with Gasteiger partial charge in [0.2, 0.25) is 5.82 Å². The van der Waals surface area contributed by atoms with E-state index in [9.17, 15) is 50.6 Å². The zero-order valence-electron chi connectivity index (χ0n) is 28.4. The number of aromatic hydroxyl groups is 1. The van der Waals surface area contributed by atoms with E-state index in [1.54, 1.807) is 18.2 Å². The molecule has 4 aliphatic rings. The molecule has 3 fully saturated rings. The van der Waals surface area contributed by atoms with E-state index in [1.807, 2.05) is 0 Å². The predicted octanol–water partition coefficient (Wildman–Crippen LogP) is 7.92. The van der Waals surface area contributed by atoms with Crippen LogP contribution in [0.25, 0.3) is 10.8 Å². The zero-order valence-corrected chi connectivity index (χ0v) is 30.7. The maximum atomic E-state index is 15.4. The molecule has 1 aromatic heterocycles. The normalized spacial score (nSPS) is 27.2. The number of hydrazine groups is 1. The molecule has 57 heavy (non-hydrogen) atoms. The van der Waals surface area contributed by atoms with Crippen LogP contribution in [0.4, 0.5) is 46.6 Å². The van der Waals surface area contributed by atoms with Gasteiger partial charge in [-0.25, -0.2) is 31.8 Å². The van der Waals surface area contributed by atoms with Gasteiger partial charge >= 0.3 is 6.18 Å². The molecule has 296 valence electrons. The van der Waals surface area contributed by atoms with Crippen LogP contribution in [0.5, 0.6) is 5.75 Å². The summed E-state index contributed by atoms with van der Waals surface area (Å²) in [7, 11) is 1.06. The summed E-state index contributed by atoms with van der Waals surface area (Å²) in [5.74, 6) is -25.3. The first-order valence-electron chi connectivity index (χ1n) is 16.7. The summed E-state index contributed by atoms with van der Waals surface area (Å²) < 4.78 is 115. The van der Waals surface area contributed by atoms with Gasteiger partial charge in [-0.3, -0.25) is 24.2 Å². The number of fused-ring (bicyclic) bond motifs is 5. The minimum Gasteiger partial charge on any atom is -0.507 e. The zero-order chi connectivity index (χ0) is 41.4. The molecule has 9 nitrogen and oxygen atoms in total. The van der Waals surface area contributed by atoms with Crippen LogP contribution in [0.1, 0.15) is 30.0 Å².